The van der Waals surface area contributed by atoms with Crippen molar-refractivity contribution in [3.8, 4) is 17.6 Å². The lowest BCUT2D eigenvalue weighted by atomic mass is 10.1. The number of rotatable bonds is 5. The van der Waals surface area contributed by atoms with Gasteiger partial charge in [-0.3, -0.25) is 0 Å². The summed E-state index contributed by atoms with van der Waals surface area (Å²) in [5, 5.41) is 8.78. The van der Waals surface area contributed by atoms with Gasteiger partial charge in [-0.15, -0.1) is 0 Å². The first-order valence-electron chi connectivity index (χ1n) is 6.58. The van der Waals surface area contributed by atoms with Gasteiger partial charge in [0.1, 0.15) is 12.4 Å². The summed E-state index contributed by atoms with van der Waals surface area (Å²) in [6.45, 7) is 3.36. The SMILES string of the molecule is Cc1ccc(OCCCn2ccnc2)c(C#CCO)c1. The maximum atomic E-state index is 8.78. The van der Waals surface area contributed by atoms with Crippen LogP contribution in [0.4, 0.5) is 0 Å². The Morgan fingerprint density at radius 2 is 2.30 bits per heavy atom. The van der Waals surface area contributed by atoms with Gasteiger partial charge in [0.25, 0.3) is 0 Å². The molecule has 1 N–H and O–H groups in total. The number of imidazole rings is 1. The standard InChI is InChI=1S/C16H18N2O2/c1-14-5-6-16(15(12-14)4-2-10-19)20-11-3-8-18-9-7-17-13-18/h5-7,9,12-13,19H,3,8,10-11H2,1H3. The van der Waals surface area contributed by atoms with E-state index in [0.29, 0.717) is 6.61 Å². The van der Waals surface area contributed by atoms with Crippen LogP contribution in [0.5, 0.6) is 5.75 Å². The minimum Gasteiger partial charge on any atom is -0.492 e. The summed E-state index contributed by atoms with van der Waals surface area (Å²) in [6, 6.07) is 5.89. The Balaban J connectivity index is 1.91. The first-order valence-corrected chi connectivity index (χ1v) is 6.58. The van der Waals surface area contributed by atoms with Crippen molar-refractivity contribution in [2.45, 2.75) is 19.9 Å². The van der Waals surface area contributed by atoms with Gasteiger partial charge in [-0.2, -0.15) is 0 Å². The number of aryl methyl sites for hydroxylation is 2. The summed E-state index contributed by atoms with van der Waals surface area (Å²) >= 11 is 0. The van der Waals surface area contributed by atoms with Crippen molar-refractivity contribution in [2.75, 3.05) is 13.2 Å². The van der Waals surface area contributed by atoms with Crippen LogP contribution in [0.1, 0.15) is 17.5 Å². The lowest BCUT2D eigenvalue weighted by Crippen LogP contribution is -2.04. The number of hydrogen-bond donors (Lipinski definition) is 1. The molecule has 20 heavy (non-hydrogen) atoms. The van der Waals surface area contributed by atoms with Gasteiger partial charge >= 0.3 is 0 Å². The van der Waals surface area contributed by atoms with Crippen LogP contribution in [0.15, 0.2) is 36.9 Å². The Hall–Kier alpha value is -2.25. The number of aliphatic hydroxyl groups excluding tert-OH is 1. The average molecular weight is 270 g/mol. The highest BCUT2D eigenvalue weighted by Gasteiger charge is 2.02. The quantitative estimate of drug-likeness (QED) is 0.668. The van der Waals surface area contributed by atoms with E-state index in [9.17, 15) is 0 Å². The number of nitrogens with zero attached hydrogens (tertiary/aromatic N) is 2. The Bertz CT molecular complexity index is 595. The number of benzene rings is 1. The first kappa shape index (κ1) is 14.2. The van der Waals surface area contributed by atoms with Crippen LogP contribution in [0.25, 0.3) is 0 Å². The fourth-order valence-electron chi connectivity index (χ4n) is 1.85. The fraction of sp³-hybridized carbons (Fsp3) is 0.312. The molecule has 1 heterocycles. The van der Waals surface area contributed by atoms with E-state index in [-0.39, 0.29) is 6.61 Å². The van der Waals surface area contributed by atoms with E-state index in [4.69, 9.17) is 9.84 Å². The predicted molar refractivity (Wildman–Crippen MR) is 77.5 cm³/mol. The fourth-order valence-corrected chi connectivity index (χ4v) is 1.85. The molecule has 0 unspecified atom stereocenters. The van der Waals surface area contributed by atoms with E-state index in [0.717, 1.165) is 29.8 Å². The van der Waals surface area contributed by atoms with Crippen molar-refractivity contribution in [3.05, 3.63) is 48.0 Å². The molecule has 0 radical (unpaired) electrons. The largest absolute Gasteiger partial charge is 0.492 e. The van der Waals surface area contributed by atoms with E-state index in [1.807, 2.05) is 35.9 Å². The normalized spacial score (nSPS) is 9.90. The third-order valence-electron chi connectivity index (χ3n) is 2.81. The summed E-state index contributed by atoms with van der Waals surface area (Å²) in [7, 11) is 0. The van der Waals surface area contributed by atoms with Gasteiger partial charge in [0.2, 0.25) is 0 Å². The number of hydrogen-bond acceptors (Lipinski definition) is 3. The Labute approximate surface area is 119 Å². The van der Waals surface area contributed by atoms with Crippen molar-refractivity contribution in [1.29, 1.82) is 0 Å². The van der Waals surface area contributed by atoms with E-state index in [1.54, 1.807) is 12.5 Å². The van der Waals surface area contributed by atoms with Crippen molar-refractivity contribution >= 4 is 0 Å². The van der Waals surface area contributed by atoms with Crippen LogP contribution in [-0.2, 0) is 6.54 Å². The summed E-state index contributed by atoms with van der Waals surface area (Å²) in [4.78, 5) is 4.00. The predicted octanol–water partition coefficient (Wildman–Crippen LogP) is 2.00. The molecule has 0 aliphatic carbocycles. The van der Waals surface area contributed by atoms with E-state index < -0.39 is 0 Å². The average Bonchev–Trinajstić information content (AvgIpc) is 2.96. The van der Waals surface area contributed by atoms with Crippen LogP contribution in [0, 0.1) is 18.8 Å². The monoisotopic (exact) mass is 270 g/mol. The van der Waals surface area contributed by atoms with E-state index in [2.05, 4.69) is 16.8 Å². The highest BCUT2D eigenvalue weighted by molar-refractivity contribution is 5.48. The van der Waals surface area contributed by atoms with Crippen molar-refractivity contribution in [1.82, 2.24) is 9.55 Å². The topological polar surface area (TPSA) is 47.3 Å². The first-order chi connectivity index (χ1) is 9.79. The summed E-state index contributed by atoms with van der Waals surface area (Å²) in [6.07, 6.45) is 6.40. The molecule has 0 fully saturated rings. The van der Waals surface area contributed by atoms with E-state index in [1.165, 1.54) is 0 Å². The van der Waals surface area contributed by atoms with Gasteiger partial charge in [0.05, 0.1) is 18.5 Å². The maximum Gasteiger partial charge on any atom is 0.134 e. The highest BCUT2D eigenvalue weighted by Crippen LogP contribution is 2.19. The molecule has 4 heteroatoms. The lowest BCUT2D eigenvalue weighted by molar-refractivity contribution is 0.301. The molecule has 0 saturated carbocycles. The van der Waals surface area contributed by atoms with Crippen LogP contribution >= 0.6 is 0 Å². The third kappa shape index (κ3) is 4.15. The second-order valence-electron chi connectivity index (χ2n) is 4.46. The van der Waals surface area contributed by atoms with Gasteiger partial charge in [0.15, 0.2) is 0 Å². The molecular weight excluding hydrogens is 252 g/mol. The molecule has 4 nitrogen and oxygen atoms in total. The minimum atomic E-state index is -0.145. The minimum absolute atomic E-state index is 0.145. The van der Waals surface area contributed by atoms with Gasteiger partial charge in [-0.1, -0.05) is 17.9 Å². The van der Waals surface area contributed by atoms with Gasteiger partial charge in [0, 0.05) is 18.9 Å². The van der Waals surface area contributed by atoms with Crippen molar-refractivity contribution in [3.63, 3.8) is 0 Å². The molecule has 1 aromatic carbocycles. The smallest absolute Gasteiger partial charge is 0.134 e. The second kappa shape index (κ2) is 7.37. The van der Waals surface area contributed by atoms with Crippen LogP contribution in [0.2, 0.25) is 0 Å². The molecule has 0 aliphatic rings. The third-order valence-corrected chi connectivity index (χ3v) is 2.81. The molecule has 0 spiro atoms. The zero-order valence-corrected chi connectivity index (χ0v) is 11.5. The van der Waals surface area contributed by atoms with Gasteiger partial charge in [-0.25, -0.2) is 4.98 Å². The number of aliphatic hydroxyl groups is 1. The molecular formula is C16H18N2O2. The molecule has 1 aromatic heterocycles. The lowest BCUT2D eigenvalue weighted by Gasteiger charge is -2.09. The number of aromatic nitrogens is 2. The Morgan fingerprint density at radius 1 is 1.40 bits per heavy atom. The second-order valence-corrected chi connectivity index (χ2v) is 4.46. The molecule has 0 saturated heterocycles. The van der Waals surface area contributed by atoms with Gasteiger partial charge in [-0.05, 0) is 31.0 Å². The molecule has 0 aliphatic heterocycles. The van der Waals surface area contributed by atoms with Crippen LogP contribution in [-0.4, -0.2) is 27.9 Å². The molecule has 0 bridgehead atoms. The van der Waals surface area contributed by atoms with Crippen molar-refractivity contribution < 1.29 is 9.84 Å². The van der Waals surface area contributed by atoms with Gasteiger partial charge < -0.3 is 14.4 Å². The van der Waals surface area contributed by atoms with Crippen molar-refractivity contribution in [2.24, 2.45) is 0 Å². The Kier molecular flexibility index (Phi) is 5.22. The molecule has 2 rings (SSSR count). The number of ether oxygens (including phenoxy) is 1. The summed E-state index contributed by atoms with van der Waals surface area (Å²) in [5.41, 5.74) is 1.94. The zero-order chi connectivity index (χ0) is 14.2. The summed E-state index contributed by atoms with van der Waals surface area (Å²) in [5.74, 6) is 6.34. The molecule has 104 valence electrons. The molecule has 2 aromatic rings. The molecule has 0 amide bonds. The maximum absolute atomic E-state index is 8.78. The zero-order valence-electron chi connectivity index (χ0n) is 11.5. The Morgan fingerprint density at radius 3 is 3.05 bits per heavy atom. The highest BCUT2D eigenvalue weighted by atomic mass is 16.5. The van der Waals surface area contributed by atoms with Crippen LogP contribution < -0.4 is 4.74 Å². The van der Waals surface area contributed by atoms with Crippen LogP contribution in [0.3, 0.4) is 0 Å². The summed E-state index contributed by atoms with van der Waals surface area (Å²) < 4.78 is 7.79. The molecule has 0 atom stereocenters. The van der Waals surface area contributed by atoms with E-state index >= 15 is 0 Å².